The van der Waals surface area contributed by atoms with Gasteiger partial charge in [-0.2, -0.15) is 0 Å². The van der Waals surface area contributed by atoms with E-state index in [1.54, 1.807) is 41.3 Å². The van der Waals surface area contributed by atoms with Crippen LogP contribution in [0.3, 0.4) is 0 Å². The lowest BCUT2D eigenvalue weighted by molar-refractivity contribution is 0.102. The molecule has 0 bridgehead atoms. The first-order valence-electron chi connectivity index (χ1n) is 8.74. The van der Waals surface area contributed by atoms with Crippen LogP contribution in [0.5, 0.6) is 0 Å². The number of halogens is 1. The number of amides is 3. The number of pyridine rings is 1. The Bertz CT molecular complexity index is 994. The van der Waals surface area contributed by atoms with E-state index < -0.39 is 0 Å². The number of hydrogen-bond donors (Lipinski definition) is 2. The van der Waals surface area contributed by atoms with E-state index in [-0.39, 0.29) is 11.9 Å². The van der Waals surface area contributed by atoms with Gasteiger partial charge in [-0.05, 0) is 47.5 Å². The molecule has 6 nitrogen and oxygen atoms in total. The molecule has 7 heteroatoms. The highest BCUT2D eigenvalue weighted by Crippen LogP contribution is 2.23. The van der Waals surface area contributed by atoms with Crippen molar-refractivity contribution < 1.29 is 9.59 Å². The van der Waals surface area contributed by atoms with Crippen LogP contribution in [0.15, 0.2) is 66.9 Å². The first-order valence-corrected chi connectivity index (χ1v) is 9.12. The van der Waals surface area contributed by atoms with Crippen molar-refractivity contribution in [1.82, 2.24) is 9.88 Å². The van der Waals surface area contributed by atoms with Crippen LogP contribution in [0.25, 0.3) is 0 Å². The Morgan fingerprint density at radius 2 is 1.57 bits per heavy atom. The average Bonchev–Trinajstić information content (AvgIpc) is 3.15. The number of rotatable bonds is 3. The number of carbonyl (C=O) groups is 2. The Balaban J connectivity index is 1.36. The highest BCUT2D eigenvalue weighted by atomic mass is 35.5. The molecular formula is C21H17ClN4O2. The second-order valence-electron chi connectivity index (χ2n) is 6.45. The third-order valence-electron chi connectivity index (χ3n) is 4.50. The minimum absolute atomic E-state index is 0.168. The van der Waals surface area contributed by atoms with Crippen molar-refractivity contribution in [2.75, 3.05) is 10.6 Å². The Morgan fingerprint density at radius 1 is 0.893 bits per heavy atom. The van der Waals surface area contributed by atoms with E-state index in [9.17, 15) is 9.59 Å². The first kappa shape index (κ1) is 18.0. The zero-order valence-electron chi connectivity index (χ0n) is 14.9. The molecule has 3 aromatic rings. The van der Waals surface area contributed by atoms with E-state index in [4.69, 9.17) is 11.6 Å². The third kappa shape index (κ3) is 3.97. The summed E-state index contributed by atoms with van der Waals surface area (Å²) in [5.74, 6) is 0.128. The number of nitrogens with zero attached hydrogens (tertiary/aromatic N) is 2. The normalized spacial score (nSPS) is 12.4. The van der Waals surface area contributed by atoms with Crippen molar-refractivity contribution in [3.8, 4) is 0 Å². The molecule has 0 aliphatic carbocycles. The van der Waals surface area contributed by atoms with Gasteiger partial charge in [0.25, 0.3) is 5.91 Å². The standard InChI is InChI=1S/C21H17ClN4O2/c22-17-7-10-19(23-11-17)25-20(27)14-5-8-18(9-6-14)24-21(28)26-12-15-3-1-2-4-16(15)13-26/h1-11H,12-13H2,(H,24,28)(H,23,25,27). The molecule has 0 unspecified atom stereocenters. The van der Waals surface area contributed by atoms with Gasteiger partial charge in [0, 0.05) is 30.5 Å². The molecule has 140 valence electrons. The van der Waals surface area contributed by atoms with Crippen molar-refractivity contribution in [3.63, 3.8) is 0 Å². The number of anilines is 2. The van der Waals surface area contributed by atoms with Crippen LogP contribution < -0.4 is 10.6 Å². The van der Waals surface area contributed by atoms with E-state index in [0.29, 0.717) is 35.2 Å². The number of fused-ring (bicyclic) bond motifs is 1. The van der Waals surface area contributed by atoms with Gasteiger partial charge in [0.05, 0.1) is 5.02 Å². The third-order valence-corrected chi connectivity index (χ3v) is 4.72. The molecule has 2 heterocycles. The number of urea groups is 1. The Kier molecular flexibility index (Phi) is 4.95. The minimum atomic E-state index is -0.289. The van der Waals surface area contributed by atoms with Crippen molar-refractivity contribution in [3.05, 3.63) is 88.6 Å². The van der Waals surface area contributed by atoms with Gasteiger partial charge < -0.3 is 15.5 Å². The number of carbonyl (C=O) groups excluding carboxylic acids is 2. The SMILES string of the molecule is O=C(Nc1ccc(Cl)cn1)c1ccc(NC(=O)N2Cc3ccccc3C2)cc1. The van der Waals surface area contributed by atoms with E-state index in [1.165, 1.54) is 17.3 Å². The summed E-state index contributed by atoms with van der Waals surface area (Å²) >= 11 is 5.78. The van der Waals surface area contributed by atoms with E-state index in [0.717, 1.165) is 0 Å². The van der Waals surface area contributed by atoms with Gasteiger partial charge >= 0.3 is 6.03 Å². The topological polar surface area (TPSA) is 74.3 Å². The quantitative estimate of drug-likeness (QED) is 0.687. The maximum Gasteiger partial charge on any atom is 0.322 e. The molecule has 2 N–H and O–H groups in total. The monoisotopic (exact) mass is 392 g/mol. The average molecular weight is 393 g/mol. The molecule has 0 spiro atoms. The second kappa shape index (κ2) is 7.70. The smallest absolute Gasteiger partial charge is 0.316 e. The van der Waals surface area contributed by atoms with E-state index in [1.807, 2.05) is 24.3 Å². The summed E-state index contributed by atoms with van der Waals surface area (Å²) in [5.41, 5.74) is 3.42. The van der Waals surface area contributed by atoms with Crippen LogP contribution in [-0.4, -0.2) is 21.8 Å². The summed E-state index contributed by atoms with van der Waals surface area (Å²) in [6.45, 7) is 1.19. The lowest BCUT2D eigenvalue weighted by atomic mass is 10.1. The van der Waals surface area contributed by atoms with Gasteiger partial charge in [-0.15, -0.1) is 0 Å². The van der Waals surface area contributed by atoms with Crippen LogP contribution in [0.2, 0.25) is 5.02 Å². The van der Waals surface area contributed by atoms with Crippen LogP contribution in [-0.2, 0) is 13.1 Å². The highest BCUT2D eigenvalue weighted by molar-refractivity contribution is 6.30. The summed E-state index contributed by atoms with van der Waals surface area (Å²) in [6.07, 6.45) is 1.46. The predicted molar refractivity (Wildman–Crippen MR) is 108 cm³/mol. The maximum absolute atomic E-state index is 12.5. The molecule has 3 amide bonds. The summed E-state index contributed by atoms with van der Waals surface area (Å²) in [5, 5.41) is 6.06. The van der Waals surface area contributed by atoms with Crippen LogP contribution in [0, 0.1) is 0 Å². The number of aromatic nitrogens is 1. The van der Waals surface area contributed by atoms with Crippen molar-refractivity contribution in [2.24, 2.45) is 0 Å². The fraction of sp³-hybridized carbons (Fsp3) is 0.0952. The zero-order chi connectivity index (χ0) is 19.5. The molecule has 2 aromatic carbocycles. The van der Waals surface area contributed by atoms with Crippen molar-refractivity contribution in [2.45, 2.75) is 13.1 Å². The molecular weight excluding hydrogens is 376 g/mol. The van der Waals surface area contributed by atoms with Crippen molar-refractivity contribution >= 4 is 35.0 Å². The molecule has 0 saturated carbocycles. The lowest BCUT2D eigenvalue weighted by Crippen LogP contribution is -2.30. The maximum atomic E-state index is 12.5. The van der Waals surface area contributed by atoms with Gasteiger partial charge in [0.2, 0.25) is 0 Å². The Labute approximate surface area is 167 Å². The molecule has 0 radical (unpaired) electrons. The molecule has 0 atom stereocenters. The van der Waals surface area contributed by atoms with Gasteiger partial charge in [-0.3, -0.25) is 4.79 Å². The van der Waals surface area contributed by atoms with Crippen LogP contribution >= 0.6 is 11.6 Å². The Hall–Kier alpha value is -3.38. The molecule has 28 heavy (non-hydrogen) atoms. The summed E-state index contributed by atoms with van der Waals surface area (Å²) in [4.78, 5) is 30.6. The lowest BCUT2D eigenvalue weighted by Gasteiger charge is -2.16. The summed E-state index contributed by atoms with van der Waals surface area (Å²) < 4.78 is 0. The molecule has 1 aliphatic heterocycles. The Morgan fingerprint density at radius 3 is 2.18 bits per heavy atom. The number of benzene rings is 2. The van der Waals surface area contributed by atoms with Gasteiger partial charge in [0.1, 0.15) is 5.82 Å². The van der Waals surface area contributed by atoms with Crippen molar-refractivity contribution in [1.29, 1.82) is 0 Å². The fourth-order valence-electron chi connectivity index (χ4n) is 3.02. The minimum Gasteiger partial charge on any atom is -0.316 e. The molecule has 1 aliphatic rings. The van der Waals surface area contributed by atoms with E-state index >= 15 is 0 Å². The zero-order valence-corrected chi connectivity index (χ0v) is 15.6. The van der Waals surface area contributed by atoms with Gasteiger partial charge in [0.15, 0.2) is 0 Å². The van der Waals surface area contributed by atoms with Gasteiger partial charge in [-0.1, -0.05) is 35.9 Å². The number of nitrogens with one attached hydrogen (secondary N) is 2. The molecule has 0 saturated heterocycles. The van der Waals surface area contributed by atoms with Crippen LogP contribution in [0.1, 0.15) is 21.5 Å². The summed E-state index contributed by atoms with van der Waals surface area (Å²) in [7, 11) is 0. The molecule has 4 rings (SSSR count). The van der Waals surface area contributed by atoms with Crippen LogP contribution in [0.4, 0.5) is 16.3 Å². The molecule has 0 fully saturated rings. The second-order valence-corrected chi connectivity index (χ2v) is 6.88. The van der Waals surface area contributed by atoms with Gasteiger partial charge in [-0.25, -0.2) is 9.78 Å². The first-order chi connectivity index (χ1) is 13.6. The summed E-state index contributed by atoms with van der Waals surface area (Å²) in [6, 6.07) is 17.8. The number of hydrogen-bond acceptors (Lipinski definition) is 3. The predicted octanol–water partition coefficient (Wildman–Crippen LogP) is 4.54. The highest BCUT2D eigenvalue weighted by Gasteiger charge is 2.22. The fourth-order valence-corrected chi connectivity index (χ4v) is 3.13. The van der Waals surface area contributed by atoms with E-state index in [2.05, 4.69) is 15.6 Å². The largest absolute Gasteiger partial charge is 0.322 e. The molecule has 1 aromatic heterocycles.